The molecular weight excluding hydrogens is 273 g/mol. The number of rotatable bonds is 6. The molecule has 0 saturated heterocycles. The lowest BCUT2D eigenvalue weighted by molar-refractivity contribution is -0.121. The predicted octanol–water partition coefficient (Wildman–Crippen LogP) is 1.50. The number of nitrogens with one attached hydrogen (secondary N) is 2. The summed E-state index contributed by atoms with van der Waals surface area (Å²) in [5.41, 5.74) is 6.24. The lowest BCUT2D eigenvalue weighted by atomic mass is 10.1. The number of carbonyl (C=O) groups excluding carboxylic acids is 2. The first-order valence-corrected chi connectivity index (χ1v) is 7.10. The van der Waals surface area contributed by atoms with Crippen LogP contribution < -0.4 is 16.4 Å². The summed E-state index contributed by atoms with van der Waals surface area (Å²) in [6, 6.07) is 3.14. The number of nitrogen functional groups attached to an aromatic ring is 1. The summed E-state index contributed by atoms with van der Waals surface area (Å²) in [5, 5.41) is 5.47. The third-order valence-electron chi connectivity index (χ3n) is 3.33. The molecule has 1 aliphatic carbocycles. The first kappa shape index (κ1) is 15.3. The van der Waals surface area contributed by atoms with Crippen LogP contribution in [-0.4, -0.2) is 24.4 Å². The Bertz CT molecular complexity index is 556. The van der Waals surface area contributed by atoms with Crippen molar-refractivity contribution in [1.29, 1.82) is 0 Å². The van der Waals surface area contributed by atoms with Crippen LogP contribution in [0.4, 0.5) is 10.1 Å². The topological polar surface area (TPSA) is 84.2 Å². The van der Waals surface area contributed by atoms with Crippen molar-refractivity contribution >= 4 is 17.5 Å². The molecule has 21 heavy (non-hydrogen) atoms. The minimum Gasteiger partial charge on any atom is -0.399 e. The fourth-order valence-corrected chi connectivity index (χ4v) is 2.04. The first-order valence-electron chi connectivity index (χ1n) is 7.10. The van der Waals surface area contributed by atoms with Gasteiger partial charge in [-0.25, -0.2) is 4.39 Å². The van der Waals surface area contributed by atoms with Gasteiger partial charge >= 0.3 is 0 Å². The molecule has 1 saturated carbocycles. The molecule has 0 spiro atoms. The summed E-state index contributed by atoms with van der Waals surface area (Å²) >= 11 is 0. The molecule has 1 fully saturated rings. The van der Waals surface area contributed by atoms with E-state index in [1.54, 1.807) is 6.92 Å². The van der Waals surface area contributed by atoms with Gasteiger partial charge in [0.1, 0.15) is 5.82 Å². The van der Waals surface area contributed by atoms with Gasteiger partial charge in [-0.3, -0.25) is 9.59 Å². The second-order valence-electron chi connectivity index (χ2n) is 5.40. The van der Waals surface area contributed by atoms with Crippen LogP contribution >= 0.6 is 0 Å². The number of halogens is 1. The summed E-state index contributed by atoms with van der Waals surface area (Å²) < 4.78 is 13.8. The maximum absolute atomic E-state index is 13.8. The summed E-state index contributed by atoms with van der Waals surface area (Å²) in [6.07, 6.45) is 2.98. The van der Waals surface area contributed by atoms with E-state index < -0.39 is 11.7 Å². The van der Waals surface area contributed by atoms with Crippen molar-refractivity contribution in [2.75, 3.05) is 12.3 Å². The number of nitrogens with two attached hydrogens (primary N) is 1. The number of hydrogen-bond donors (Lipinski definition) is 3. The van der Waals surface area contributed by atoms with Crippen LogP contribution in [0.1, 0.15) is 41.6 Å². The van der Waals surface area contributed by atoms with Gasteiger partial charge in [0, 0.05) is 24.7 Å². The minimum atomic E-state index is -0.562. The SMILES string of the molecule is Cc1cc(N)cc(C(=O)NCCCC(=O)NC2CC2)c1F. The zero-order valence-corrected chi connectivity index (χ0v) is 12.0. The number of amides is 2. The molecule has 1 aliphatic rings. The quantitative estimate of drug-likeness (QED) is 0.549. The highest BCUT2D eigenvalue weighted by Crippen LogP contribution is 2.19. The molecule has 6 heteroatoms. The average molecular weight is 293 g/mol. The predicted molar refractivity (Wildman–Crippen MR) is 78.3 cm³/mol. The number of carbonyl (C=O) groups is 2. The molecule has 2 amide bonds. The van der Waals surface area contributed by atoms with Gasteiger partial charge in [0.05, 0.1) is 5.56 Å². The normalized spacial score (nSPS) is 13.8. The highest BCUT2D eigenvalue weighted by Gasteiger charge is 2.22. The van der Waals surface area contributed by atoms with Crippen molar-refractivity contribution < 1.29 is 14.0 Å². The Labute approximate surface area is 123 Å². The Balaban J connectivity index is 1.77. The highest BCUT2D eigenvalue weighted by atomic mass is 19.1. The first-order chi connectivity index (χ1) is 9.97. The van der Waals surface area contributed by atoms with Crippen molar-refractivity contribution in [3.05, 3.63) is 29.1 Å². The van der Waals surface area contributed by atoms with Gasteiger partial charge in [-0.2, -0.15) is 0 Å². The van der Waals surface area contributed by atoms with Gasteiger partial charge in [0.25, 0.3) is 5.91 Å². The molecule has 0 aliphatic heterocycles. The van der Waals surface area contributed by atoms with Gasteiger partial charge in [0.15, 0.2) is 0 Å². The van der Waals surface area contributed by atoms with E-state index in [-0.39, 0.29) is 11.5 Å². The zero-order valence-electron chi connectivity index (χ0n) is 12.0. The van der Waals surface area contributed by atoms with Crippen LogP contribution in [0.5, 0.6) is 0 Å². The van der Waals surface area contributed by atoms with Crippen molar-refractivity contribution in [3.63, 3.8) is 0 Å². The molecule has 1 aromatic carbocycles. The fourth-order valence-electron chi connectivity index (χ4n) is 2.04. The summed E-state index contributed by atoms with van der Waals surface area (Å²) in [6.45, 7) is 1.88. The molecule has 0 atom stereocenters. The van der Waals surface area contributed by atoms with Gasteiger partial charge in [-0.1, -0.05) is 0 Å². The van der Waals surface area contributed by atoms with E-state index in [1.165, 1.54) is 12.1 Å². The molecule has 2 rings (SSSR count). The third-order valence-corrected chi connectivity index (χ3v) is 3.33. The van der Waals surface area contributed by atoms with Crippen LogP contribution in [0.2, 0.25) is 0 Å². The van der Waals surface area contributed by atoms with E-state index >= 15 is 0 Å². The Morgan fingerprint density at radius 1 is 1.38 bits per heavy atom. The van der Waals surface area contributed by atoms with E-state index in [0.717, 1.165) is 12.8 Å². The smallest absolute Gasteiger partial charge is 0.254 e. The second kappa shape index (κ2) is 6.56. The van der Waals surface area contributed by atoms with E-state index in [2.05, 4.69) is 10.6 Å². The Kier molecular flexibility index (Phi) is 4.77. The molecule has 4 N–H and O–H groups in total. The van der Waals surface area contributed by atoms with Gasteiger partial charge < -0.3 is 16.4 Å². The minimum absolute atomic E-state index is 0.00210. The number of hydrogen-bond acceptors (Lipinski definition) is 3. The van der Waals surface area contributed by atoms with Crippen molar-refractivity contribution in [2.45, 2.75) is 38.6 Å². The molecule has 5 nitrogen and oxygen atoms in total. The second-order valence-corrected chi connectivity index (χ2v) is 5.40. The third kappa shape index (κ3) is 4.44. The van der Waals surface area contributed by atoms with Crippen LogP contribution in [0.15, 0.2) is 12.1 Å². The molecule has 0 bridgehead atoms. The molecule has 1 aromatic rings. The van der Waals surface area contributed by atoms with E-state index in [4.69, 9.17) is 5.73 Å². The largest absolute Gasteiger partial charge is 0.399 e. The standard InChI is InChI=1S/C15H20FN3O2/c1-9-7-10(17)8-12(14(9)16)15(21)18-6-2-3-13(20)19-11-4-5-11/h7-8,11H,2-6,17H2,1H3,(H,18,21)(H,19,20). The number of anilines is 1. The van der Waals surface area contributed by atoms with Crippen LogP contribution in [-0.2, 0) is 4.79 Å². The van der Waals surface area contributed by atoms with E-state index in [0.29, 0.717) is 36.7 Å². The lowest BCUT2D eigenvalue weighted by Crippen LogP contribution is -2.29. The molecule has 0 radical (unpaired) electrons. The molecule has 0 heterocycles. The monoisotopic (exact) mass is 293 g/mol. The van der Waals surface area contributed by atoms with Gasteiger partial charge in [0.2, 0.25) is 5.91 Å². The fraction of sp³-hybridized carbons (Fsp3) is 0.467. The average Bonchev–Trinajstić information content (AvgIpc) is 3.22. The summed E-state index contributed by atoms with van der Waals surface area (Å²) in [5.74, 6) is -1.07. The highest BCUT2D eigenvalue weighted by molar-refractivity contribution is 5.95. The number of aryl methyl sites for hydroxylation is 1. The molecule has 0 unspecified atom stereocenters. The Morgan fingerprint density at radius 3 is 2.76 bits per heavy atom. The van der Waals surface area contributed by atoms with Crippen molar-refractivity contribution in [3.8, 4) is 0 Å². The molecular formula is C15H20FN3O2. The van der Waals surface area contributed by atoms with E-state index in [9.17, 15) is 14.0 Å². The number of benzene rings is 1. The lowest BCUT2D eigenvalue weighted by Gasteiger charge is -2.09. The maximum atomic E-state index is 13.8. The van der Waals surface area contributed by atoms with E-state index in [1.807, 2.05) is 0 Å². The van der Waals surface area contributed by atoms with Crippen LogP contribution in [0.25, 0.3) is 0 Å². The molecule has 114 valence electrons. The zero-order chi connectivity index (χ0) is 15.4. The Morgan fingerprint density at radius 2 is 2.10 bits per heavy atom. The summed E-state index contributed by atoms with van der Waals surface area (Å²) in [7, 11) is 0. The van der Waals surface area contributed by atoms with Crippen LogP contribution in [0.3, 0.4) is 0 Å². The molecule has 0 aromatic heterocycles. The Hall–Kier alpha value is -2.11. The van der Waals surface area contributed by atoms with Crippen LogP contribution in [0, 0.1) is 12.7 Å². The maximum Gasteiger partial charge on any atom is 0.254 e. The van der Waals surface area contributed by atoms with Crippen molar-refractivity contribution in [2.24, 2.45) is 0 Å². The summed E-state index contributed by atoms with van der Waals surface area (Å²) in [4.78, 5) is 23.3. The van der Waals surface area contributed by atoms with Gasteiger partial charge in [-0.05, 0) is 43.9 Å². The van der Waals surface area contributed by atoms with Gasteiger partial charge in [-0.15, -0.1) is 0 Å². The van der Waals surface area contributed by atoms with Crippen molar-refractivity contribution in [1.82, 2.24) is 10.6 Å².